The van der Waals surface area contributed by atoms with E-state index >= 15 is 0 Å². The first-order valence-electron chi connectivity index (χ1n) is 5.94. The molecule has 0 spiro atoms. The maximum atomic E-state index is 12.1. The Bertz CT molecular complexity index is 549. The Kier molecular flexibility index (Phi) is 3.47. The van der Waals surface area contributed by atoms with Gasteiger partial charge in [0.2, 0.25) is 5.76 Å². The summed E-state index contributed by atoms with van der Waals surface area (Å²) in [5.41, 5.74) is 0.458. The number of aryl methyl sites for hydroxylation is 1. The summed E-state index contributed by atoms with van der Waals surface area (Å²) in [5.74, 6) is -1.33. The number of furan rings is 1. The van der Waals surface area contributed by atoms with Gasteiger partial charge in [0, 0.05) is 5.56 Å². The highest BCUT2D eigenvalue weighted by Crippen LogP contribution is 2.28. The minimum absolute atomic E-state index is 0.174. The molecule has 0 aliphatic heterocycles. The first kappa shape index (κ1) is 13.1. The smallest absolute Gasteiger partial charge is 0.372 e. The van der Waals surface area contributed by atoms with Crippen molar-refractivity contribution in [3.8, 4) is 0 Å². The molecule has 0 aromatic carbocycles. The van der Waals surface area contributed by atoms with E-state index in [9.17, 15) is 13.2 Å². The third-order valence-corrected chi connectivity index (χ3v) is 5.49. The van der Waals surface area contributed by atoms with Crippen molar-refractivity contribution < 1.29 is 22.7 Å². The van der Waals surface area contributed by atoms with Crippen LogP contribution in [-0.2, 0) is 15.6 Å². The predicted molar refractivity (Wildman–Crippen MR) is 65.3 cm³/mol. The van der Waals surface area contributed by atoms with Gasteiger partial charge in [-0.2, -0.15) is 0 Å². The van der Waals surface area contributed by atoms with E-state index in [-0.39, 0.29) is 22.5 Å². The fourth-order valence-electron chi connectivity index (χ4n) is 2.40. The lowest BCUT2D eigenvalue weighted by Crippen LogP contribution is -2.19. The predicted octanol–water partition coefficient (Wildman–Crippen LogP) is 2.14. The van der Waals surface area contributed by atoms with Crippen LogP contribution in [0, 0.1) is 6.92 Å². The van der Waals surface area contributed by atoms with E-state index in [0.717, 1.165) is 12.8 Å². The Morgan fingerprint density at radius 3 is 2.56 bits per heavy atom. The Balaban J connectivity index is 2.18. The van der Waals surface area contributed by atoms with Crippen LogP contribution in [0.1, 0.15) is 47.6 Å². The molecule has 0 atom stereocenters. The zero-order chi connectivity index (χ0) is 13.3. The summed E-state index contributed by atoms with van der Waals surface area (Å²) in [4.78, 5) is 10.8. The van der Waals surface area contributed by atoms with E-state index in [2.05, 4.69) is 0 Å². The van der Waals surface area contributed by atoms with Crippen molar-refractivity contribution in [2.24, 2.45) is 0 Å². The number of sulfone groups is 1. The minimum Gasteiger partial charge on any atom is -0.475 e. The second kappa shape index (κ2) is 4.76. The highest BCUT2D eigenvalue weighted by molar-refractivity contribution is 7.91. The zero-order valence-corrected chi connectivity index (χ0v) is 11.0. The van der Waals surface area contributed by atoms with Crippen molar-refractivity contribution in [1.29, 1.82) is 0 Å². The summed E-state index contributed by atoms with van der Waals surface area (Å²) in [5, 5.41) is 8.55. The van der Waals surface area contributed by atoms with Gasteiger partial charge in [-0.3, -0.25) is 0 Å². The number of hydrogen-bond donors (Lipinski definition) is 1. The number of hydrogen-bond acceptors (Lipinski definition) is 4. The molecule has 0 bridgehead atoms. The maximum Gasteiger partial charge on any atom is 0.372 e. The van der Waals surface area contributed by atoms with Gasteiger partial charge in [0.25, 0.3) is 0 Å². The number of carboxylic acids is 1. The van der Waals surface area contributed by atoms with Crippen LogP contribution < -0.4 is 0 Å². The van der Waals surface area contributed by atoms with E-state index in [1.807, 2.05) is 0 Å². The molecule has 5 nitrogen and oxygen atoms in total. The zero-order valence-electron chi connectivity index (χ0n) is 10.2. The summed E-state index contributed by atoms with van der Waals surface area (Å²) in [6.45, 7) is 1.60. The minimum atomic E-state index is -3.23. The van der Waals surface area contributed by atoms with Gasteiger partial charge in [0.05, 0.1) is 5.25 Å². The normalized spacial score (nSPS) is 17.2. The SMILES string of the molecule is Cc1cc(CS(=O)(=O)C2CCCC2)oc1C(=O)O. The molecule has 1 aliphatic carbocycles. The molecule has 1 aromatic rings. The lowest BCUT2D eigenvalue weighted by Gasteiger charge is -2.08. The monoisotopic (exact) mass is 272 g/mol. The molecule has 1 aliphatic rings. The lowest BCUT2D eigenvalue weighted by atomic mass is 10.3. The molecule has 0 radical (unpaired) electrons. The summed E-state index contributed by atoms with van der Waals surface area (Å²) in [6.07, 6.45) is 3.30. The van der Waals surface area contributed by atoms with Crippen molar-refractivity contribution in [2.45, 2.75) is 43.6 Å². The fourth-order valence-corrected chi connectivity index (χ4v) is 4.22. The second-order valence-electron chi connectivity index (χ2n) is 4.74. The van der Waals surface area contributed by atoms with Gasteiger partial charge in [-0.1, -0.05) is 12.8 Å². The number of carboxylic acid groups (broad SMARTS) is 1. The van der Waals surface area contributed by atoms with Crippen molar-refractivity contribution >= 4 is 15.8 Å². The summed E-state index contributed by atoms with van der Waals surface area (Å²) < 4.78 is 29.3. The van der Waals surface area contributed by atoms with Crippen LogP contribution in [0.15, 0.2) is 10.5 Å². The van der Waals surface area contributed by atoms with Crippen LogP contribution in [0.3, 0.4) is 0 Å². The van der Waals surface area contributed by atoms with Crippen molar-refractivity contribution in [3.05, 3.63) is 23.2 Å². The Hall–Kier alpha value is -1.30. The van der Waals surface area contributed by atoms with Gasteiger partial charge in [-0.05, 0) is 25.8 Å². The molecule has 1 N–H and O–H groups in total. The third kappa shape index (κ3) is 2.58. The molecule has 0 saturated heterocycles. The van der Waals surface area contributed by atoms with Gasteiger partial charge in [0.1, 0.15) is 11.5 Å². The summed E-state index contributed by atoms with van der Waals surface area (Å²) in [7, 11) is -3.23. The molecule has 1 heterocycles. The quantitative estimate of drug-likeness (QED) is 0.907. The van der Waals surface area contributed by atoms with Crippen LogP contribution >= 0.6 is 0 Å². The van der Waals surface area contributed by atoms with Crippen LogP contribution in [-0.4, -0.2) is 24.7 Å². The van der Waals surface area contributed by atoms with Crippen molar-refractivity contribution in [3.63, 3.8) is 0 Å². The molecule has 2 rings (SSSR count). The second-order valence-corrected chi connectivity index (χ2v) is 7.02. The average molecular weight is 272 g/mol. The van der Waals surface area contributed by atoms with E-state index in [0.29, 0.717) is 18.4 Å². The molecule has 1 fully saturated rings. The van der Waals surface area contributed by atoms with Gasteiger partial charge in [0.15, 0.2) is 9.84 Å². The Morgan fingerprint density at radius 2 is 2.06 bits per heavy atom. The summed E-state index contributed by atoms with van der Waals surface area (Å²) >= 11 is 0. The maximum absolute atomic E-state index is 12.1. The van der Waals surface area contributed by atoms with E-state index < -0.39 is 15.8 Å². The molecule has 1 saturated carbocycles. The Morgan fingerprint density at radius 1 is 1.44 bits per heavy atom. The van der Waals surface area contributed by atoms with Crippen LogP contribution in [0.5, 0.6) is 0 Å². The molecule has 1 aromatic heterocycles. The molecule has 6 heteroatoms. The van der Waals surface area contributed by atoms with Gasteiger partial charge in [-0.25, -0.2) is 13.2 Å². The van der Waals surface area contributed by atoms with Gasteiger partial charge < -0.3 is 9.52 Å². The van der Waals surface area contributed by atoms with Gasteiger partial charge in [-0.15, -0.1) is 0 Å². The van der Waals surface area contributed by atoms with Crippen molar-refractivity contribution in [2.75, 3.05) is 0 Å². The van der Waals surface area contributed by atoms with Crippen LogP contribution in [0.25, 0.3) is 0 Å². The molecule has 100 valence electrons. The molecule has 0 amide bonds. The van der Waals surface area contributed by atoms with Crippen LogP contribution in [0.2, 0.25) is 0 Å². The largest absolute Gasteiger partial charge is 0.475 e. The summed E-state index contributed by atoms with van der Waals surface area (Å²) in [6, 6.07) is 1.50. The number of rotatable bonds is 4. The van der Waals surface area contributed by atoms with E-state index in [1.165, 1.54) is 6.07 Å². The van der Waals surface area contributed by atoms with E-state index in [4.69, 9.17) is 9.52 Å². The molecular formula is C12H16O5S. The average Bonchev–Trinajstić information content (AvgIpc) is 2.86. The molecular weight excluding hydrogens is 256 g/mol. The third-order valence-electron chi connectivity index (χ3n) is 3.32. The highest BCUT2D eigenvalue weighted by atomic mass is 32.2. The fraction of sp³-hybridized carbons (Fsp3) is 0.583. The Labute approximate surface area is 106 Å². The van der Waals surface area contributed by atoms with Gasteiger partial charge >= 0.3 is 5.97 Å². The topological polar surface area (TPSA) is 84.6 Å². The first-order chi connectivity index (χ1) is 8.40. The van der Waals surface area contributed by atoms with Crippen LogP contribution in [0.4, 0.5) is 0 Å². The highest BCUT2D eigenvalue weighted by Gasteiger charge is 2.30. The number of carbonyl (C=O) groups is 1. The van der Waals surface area contributed by atoms with Crippen molar-refractivity contribution in [1.82, 2.24) is 0 Å². The first-order valence-corrected chi connectivity index (χ1v) is 7.66. The standard InChI is InChI=1S/C12H16O5S/c1-8-6-9(17-11(8)12(13)14)7-18(15,16)10-4-2-3-5-10/h6,10H,2-5,7H2,1H3,(H,13,14). The lowest BCUT2D eigenvalue weighted by molar-refractivity contribution is 0.0659. The molecule has 0 unspecified atom stereocenters. The number of aromatic carboxylic acids is 1. The molecule has 18 heavy (non-hydrogen) atoms. The van der Waals surface area contributed by atoms with E-state index in [1.54, 1.807) is 6.92 Å².